The molecule has 0 aromatic heterocycles. The molecule has 0 spiro atoms. The van der Waals surface area contributed by atoms with E-state index >= 15 is 0 Å². The molecule has 0 aromatic carbocycles. The minimum atomic E-state index is 0. The van der Waals surface area contributed by atoms with Gasteiger partial charge in [-0.15, -0.1) is 24.0 Å². The number of hydrogen-bond acceptors (Lipinski definition) is 3. The summed E-state index contributed by atoms with van der Waals surface area (Å²) in [5.41, 5.74) is 0. The topological polar surface area (TPSA) is 42.9 Å². The summed E-state index contributed by atoms with van der Waals surface area (Å²) < 4.78 is 0. The Kier molecular flexibility index (Phi) is 10.5. The molecule has 3 rings (SSSR count). The molecule has 3 heterocycles. The second-order valence-electron chi connectivity index (χ2n) is 6.75. The Labute approximate surface area is 159 Å². The summed E-state index contributed by atoms with van der Waals surface area (Å²) in [7, 11) is 0. The molecule has 0 amide bonds. The minimum Gasteiger partial charge on any atom is -0.357 e. The van der Waals surface area contributed by atoms with Gasteiger partial charge in [-0.2, -0.15) is 0 Å². The predicted octanol–water partition coefficient (Wildman–Crippen LogP) is 2.13. The molecule has 0 radical (unpaired) electrons. The van der Waals surface area contributed by atoms with Crippen LogP contribution in [0.2, 0.25) is 0 Å². The van der Waals surface area contributed by atoms with Crippen molar-refractivity contribution in [2.75, 3.05) is 45.8 Å². The van der Waals surface area contributed by atoms with Crippen molar-refractivity contribution < 1.29 is 0 Å². The molecule has 2 bridgehead atoms. The molecular weight excluding hydrogens is 401 g/mol. The maximum absolute atomic E-state index is 4.85. The Morgan fingerprint density at radius 2 is 1.91 bits per heavy atom. The third-order valence-corrected chi connectivity index (χ3v) is 4.82. The highest BCUT2D eigenvalue weighted by molar-refractivity contribution is 14.0. The number of aliphatic imine (C=N–C) groups is 1. The summed E-state index contributed by atoms with van der Waals surface area (Å²) >= 11 is 0. The van der Waals surface area contributed by atoms with Crippen LogP contribution in [0.3, 0.4) is 0 Å². The fourth-order valence-electron chi connectivity index (χ4n) is 3.42. The Bertz CT molecular complexity index is 342. The standard InChI is InChI=1S/C17H35N5.HI/c1-4-6-7-8-15(3)20-17(18-5-2)19-13-16-14-21-9-11-22(16)12-10-21;/h15-16H,4-14H2,1-3H3,(H2,18,19,20);1H. The lowest BCUT2D eigenvalue weighted by atomic mass is 10.1. The average Bonchev–Trinajstić information content (AvgIpc) is 2.54. The molecule has 3 saturated heterocycles. The number of fused-ring (bicyclic) bond motifs is 3. The zero-order valence-corrected chi connectivity index (χ0v) is 17.5. The Morgan fingerprint density at radius 1 is 1.17 bits per heavy atom. The third-order valence-electron chi connectivity index (χ3n) is 4.82. The number of nitrogens with one attached hydrogen (secondary N) is 2. The lowest BCUT2D eigenvalue weighted by Gasteiger charge is -2.47. The number of piperazine rings is 3. The lowest BCUT2D eigenvalue weighted by Crippen LogP contribution is -2.62. The highest BCUT2D eigenvalue weighted by Crippen LogP contribution is 2.15. The first-order valence-corrected chi connectivity index (χ1v) is 9.24. The summed E-state index contributed by atoms with van der Waals surface area (Å²) in [6.45, 7) is 14.6. The van der Waals surface area contributed by atoms with E-state index in [-0.39, 0.29) is 24.0 Å². The highest BCUT2D eigenvalue weighted by Gasteiger charge is 2.31. The number of nitrogens with zero attached hydrogens (tertiary/aromatic N) is 3. The van der Waals surface area contributed by atoms with Crippen LogP contribution in [0, 0.1) is 0 Å². The van der Waals surface area contributed by atoms with E-state index in [0.717, 1.165) is 19.0 Å². The van der Waals surface area contributed by atoms with Crippen LogP contribution >= 0.6 is 24.0 Å². The van der Waals surface area contributed by atoms with Crippen LogP contribution in [-0.2, 0) is 0 Å². The summed E-state index contributed by atoms with van der Waals surface area (Å²) in [6.07, 6.45) is 5.14. The molecule has 2 N–H and O–H groups in total. The van der Waals surface area contributed by atoms with Crippen molar-refractivity contribution in [2.24, 2.45) is 4.99 Å². The molecule has 2 unspecified atom stereocenters. The van der Waals surface area contributed by atoms with Crippen LogP contribution in [0.1, 0.15) is 46.5 Å². The SMILES string of the molecule is CCCCCC(C)NC(=NCC1CN2CCN1CC2)NCC.I. The van der Waals surface area contributed by atoms with E-state index in [1.807, 2.05) is 0 Å². The number of rotatable bonds is 8. The molecule has 136 valence electrons. The van der Waals surface area contributed by atoms with Gasteiger partial charge in [0.05, 0.1) is 6.54 Å². The van der Waals surface area contributed by atoms with Crippen LogP contribution in [0.15, 0.2) is 4.99 Å². The lowest BCUT2D eigenvalue weighted by molar-refractivity contribution is 0.0174. The highest BCUT2D eigenvalue weighted by atomic mass is 127. The smallest absolute Gasteiger partial charge is 0.191 e. The molecule has 3 fully saturated rings. The molecule has 23 heavy (non-hydrogen) atoms. The van der Waals surface area contributed by atoms with Crippen LogP contribution in [-0.4, -0.2) is 73.7 Å². The fraction of sp³-hybridized carbons (Fsp3) is 0.941. The van der Waals surface area contributed by atoms with Crippen molar-refractivity contribution in [3.63, 3.8) is 0 Å². The number of unbranched alkanes of at least 4 members (excludes halogenated alkanes) is 2. The number of hydrogen-bond donors (Lipinski definition) is 2. The van der Waals surface area contributed by atoms with Crippen LogP contribution in [0.5, 0.6) is 0 Å². The van der Waals surface area contributed by atoms with Crippen molar-refractivity contribution in [3.05, 3.63) is 0 Å². The van der Waals surface area contributed by atoms with Gasteiger partial charge in [0, 0.05) is 51.4 Å². The maximum Gasteiger partial charge on any atom is 0.191 e. The van der Waals surface area contributed by atoms with Gasteiger partial charge in [0.15, 0.2) is 5.96 Å². The van der Waals surface area contributed by atoms with Gasteiger partial charge in [0.1, 0.15) is 0 Å². The molecule has 3 aliphatic heterocycles. The molecular formula is C17H36IN5. The van der Waals surface area contributed by atoms with Crippen molar-refractivity contribution >= 4 is 29.9 Å². The Balaban J connectivity index is 0.00000264. The van der Waals surface area contributed by atoms with Crippen molar-refractivity contribution in [2.45, 2.75) is 58.5 Å². The molecule has 0 saturated carbocycles. The maximum atomic E-state index is 4.85. The van der Waals surface area contributed by atoms with E-state index in [2.05, 4.69) is 41.2 Å². The first kappa shape index (κ1) is 21.0. The average molecular weight is 437 g/mol. The summed E-state index contributed by atoms with van der Waals surface area (Å²) in [5.74, 6) is 0.990. The van der Waals surface area contributed by atoms with Gasteiger partial charge in [0.2, 0.25) is 0 Å². The first-order chi connectivity index (χ1) is 10.7. The monoisotopic (exact) mass is 437 g/mol. The van der Waals surface area contributed by atoms with Gasteiger partial charge in [0.25, 0.3) is 0 Å². The molecule has 5 nitrogen and oxygen atoms in total. The second kappa shape index (κ2) is 11.5. The van der Waals surface area contributed by atoms with Crippen molar-refractivity contribution in [1.82, 2.24) is 20.4 Å². The molecule has 0 aliphatic carbocycles. The fourth-order valence-corrected chi connectivity index (χ4v) is 3.42. The second-order valence-corrected chi connectivity index (χ2v) is 6.75. The van der Waals surface area contributed by atoms with Gasteiger partial charge in [-0.05, 0) is 20.3 Å². The summed E-state index contributed by atoms with van der Waals surface area (Å²) in [4.78, 5) is 10.0. The van der Waals surface area contributed by atoms with Gasteiger partial charge in [-0.3, -0.25) is 14.8 Å². The normalized spacial score (nSPS) is 28.1. The first-order valence-electron chi connectivity index (χ1n) is 9.24. The quantitative estimate of drug-likeness (QED) is 0.264. The van der Waals surface area contributed by atoms with E-state index in [0.29, 0.717) is 12.1 Å². The molecule has 0 aromatic rings. The van der Waals surface area contributed by atoms with E-state index in [1.165, 1.54) is 58.4 Å². The number of guanidine groups is 1. The van der Waals surface area contributed by atoms with Crippen LogP contribution < -0.4 is 10.6 Å². The molecule has 2 atom stereocenters. The van der Waals surface area contributed by atoms with E-state index in [4.69, 9.17) is 4.99 Å². The predicted molar refractivity (Wildman–Crippen MR) is 110 cm³/mol. The zero-order valence-electron chi connectivity index (χ0n) is 15.2. The van der Waals surface area contributed by atoms with Crippen molar-refractivity contribution in [3.8, 4) is 0 Å². The molecule has 6 heteroatoms. The number of halogens is 1. The zero-order chi connectivity index (χ0) is 15.8. The van der Waals surface area contributed by atoms with E-state index in [1.54, 1.807) is 0 Å². The van der Waals surface area contributed by atoms with Crippen molar-refractivity contribution in [1.29, 1.82) is 0 Å². The minimum absolute atomic E-state index is 0. The summed E-state index contributed by atoms with van der Waals surface area (Å²) in [6, 6.07) is 1.10. The van der Waals surface area contributed by atoms with Crippen LogP contribution in [0.25, 0.3) is 0 Å². The van der Waals surface area contributed by atoms with E-state index < -0.39 is 0 Å². The summed E-state index contributed by atoms with van der Waals surface area (Å²) in [5, 5.41) is 6.96. The Morgan fingerprint density at radius 3 is 2.48 bits per heavy atom. The molecule has 3 aliphatic rings. The third kappa shape index (κ3) is 7.13. The van der Waals surface area contributed by atoms with Gasteiger partial charge < -0.3 is 10.6 Å². The largest absolute Gasteiger partial charge is 0.357 e. The van der Waals surface area contributed by atoms with Gasteiger partial charge in [-0.1, -0.05) is 26.2 Å². The Hall–Kier alpha value is -0.0800. The van der Waals surface area contributed by atoms with E-state index in [9.17, 15) is 0 Å². The van der Waals surface area contributed by atoms with Gasteiger partial charge in [-0.25, -0.2) is 0 Å². The van der Waals surface area contributed by atoms with Crippen LogP contribution in [0.4, 0.5) is 0 Å². The van der Waals surface area contributed by atoms with Gasteiger partial charge >= 0.3 is 0 Å².